The molecule has 0 aliphatic heterocycles. The summed E-state index contributed by atoms with van der Waals surface area (Å²) in [5, 5.41) is 3.97. The van der Waals surface area contributed by atoms with E-state index in [2.05, 4.69) is 34.9 Å². The Morgan fingerprint density at radius 1 is 1.11 bits per heavy atom. The van der Waals surface area contributed by atoms with Crippen LogP contribution in [-0.4, -0.2) is 20.0 Å². The van der Waals surface area contributed by atoms with Crippen LogP contribution >= 0.6 is 0 Å². The quantitative estimate of drug-likeness (QED) is 0.580. The van der Waals surface area contributed by atoms with Crippen molar-refractivity contribution in [1.29, 1.82) is 0 Å². The number of hydrogen-bond acceptors (Lipinski definition) is 3. The van der Waals surface area contributed by atoms with Crippen LogP contribution in [0.1, 0.15) is 13.8 Å². The fourth-order valence-corrected chi connectivity index (χ4v) is 3.45. The lowest BCUT2D eigenvalue weighted by atomic mass is 10.2. The van der Waals surface area contributed by atoms with Gasteiger partial charge in [-0.3, -0.25) is 14.2 Å². The van der Waals surface area contributed by atoms with Gasteiger partial charge in [-0.05, 0) is 42.3 Å². The van der Waals surface area contributed by atoms with Gasteiger partial charge in [-0.15, -0.1) is 0 Å². The van der Waals surface area contributed by atoms with Gasteiger partial charge < -0.3 is 9.88 Å². The van der Waals surface area contributed by atoms with Crippen LogP contribution in [-0.2, 0) is 17.9 Å². The van der Waals surface area contributed by atoms with Crippen molar-refractivity contribution in [2.75, 3.05) is 5.32 Å². The number of nitrogens with one attached hydrogen (secondary N) is 1. The Morgan fingerprint density at radius 2 is 1.93 bits per heavy atom. The molecule has 0 aliphatic rings. The van der Waals surface area contributed by atoms with Gasteiger partial charge in [-0.2, -0.15) is 0 Å². The summed E-state index contributed by atoms with van der Waals surface area (Å²) in [6.45, 7) is 5.26. The molecule has 1 N–H and O–H groups in total. The number of hydrogen-bond donors (Lipinski definition) is 1. The predicted molar refractivity (Wildman–Crippen MR) is 111 cm³/mol. The van der Waals surface area contributed by atoms with E-state index in [9.17, 15) is 9.59 Å². The summed E-state index contributed by atoms with van der Waals surface area (Å²) in [6, 6.07) is 15.2. The molecule has 1 amide bonds. The summed E-state index contributed by atoms with van der Waals surface area (Å²) in [4.78, 5) is 28.9. The molecule has 142 valence electrons. The molecular formula is C22H22N4O2. The van der Waals surface area contributed by atoms with E-state index in [4.69, 9.17) is 0 Å². The van der Waals surface area contributed by atoms with Gasteiger partial charge in [0.15, 0.2) is 0 Å². The maximum absolute atomic E-state index is 12.6. The average molecular weight is 374 g/mol. The number of carbonyl (C=O) groups is 1. The molecule has 6 nitrogen and oxygen atoms in total. The minimum absolute atomic E-state index is 0.0612. The molecular weight excluding hydrogens is 352 g/mol. The molecule has 4 aromatic rings. The number of nitrogens with zero attached hydrogens (tertiary/aromatic N) is 3. The second-order valence-corrected chi connectivity index (χ2v) is 7.36. The predicted octanol–water partition coefficient (Wildman–Crippen LogP) is 3.65. The third kappa shape index (κ3) is 3.53. The van der Waals surface area contributed by atoms with Gasteiger partial charge in [0.25, 0.3) is 5.56 Å². The number of rotatable bonds is 5. The largest absolute Gasteiger partial charge is 0.347 e. The highest BCUT2D eigenvalue weighted by molar-refractivity contribution is 5.94. The monoisotopic (exact) mass is 374 g/mol. The summed E-state index contributed by atoms with van der Waals surface area (Å²) in [7, 11) is 0. The van der Waals surface area contributed by atoms with Crippen molar-refractivity contribution in [3.8, 4) is 0 Å². The van der Waals surface area contributed by atoms with Gasteiger partial charge in [0.2, 0.25) is 5.91 Å². The Hall–Kier alpha value is -3.41. The first kappa shape index (κ1) is 18.0. The molecule has 0 radical (unpaired) electrons. The Morgan fingerprint density at radius 3 is 2.75 bits per heavy atom. The fourth-order valence-electron chi connectivity index (χ4n) is 3.45. The Kier molecular flexibility index (Phi) is 4.69. The van der Waals surface area contributed by atoms with Crippen LogP contribution in [0, 0.1) is 5.92 Å². The average Bonchev–Trinajstić information content (AvgIpc) is 3.05. The maximum Gasteiger partial charge on any atom is 0.269 e. The highest BCUT2D eigenvalue weighted by Crippen LogP contribution is 2.21. The zero-order valence-electron chi connectivity index (χ0n) is 15.9. The van der Waals surface area contributed by atoms with Crippen LogP contribution in [0.2, 0.25) is 0 Å². The van der Waals surface area contributed by atoms with Crippen molar-refractivity contribution in [3.05, 3.63) is 71.3 Å². The van der Waals surface area contributed by atoms with Crippen LogP contribution < -0.4 is 10.9 Å². The summed E-state index contributed by atoms with van der Waals surface area (Å²) in [5.41, 5.74) is 2.89. The van der Waals surface area contributed by atoms with E-state index in [1.807, 2.05) is 42.5 Å². The highest BCUT2D eigenvalue weighted by atomic mass is 16.2. The lowest BCUT2D eigenvalue weighted by Gasteiger charge is -2.11. The molecule has 0 atom stereocenters. The molecule has 0 aliphatic carbocycles. The van der Waals surface area contributed by atoms with Gasteiger partial charge in [0.1, 0.15) is 6.54 Å². The molecule has 0 spiro atoms. The van der Waals surface area contributed by atoms with E-state index in [-0.39, 0.29) is 18.0 Å². The van der Waals surface area contributed by atoms with E-state index < -0.39 is 0 Å². The lowest BCUT2D eigenvalue weighted by Crippen LogP contribution is -2.27. The molecule has 0 saturated carbocycles. The number of fused-ring (bicyclic) bond motifs is 2. The van der Waals surface area contributed by atoms with Crippen molar-refractivity contribution < 1.29 is 4.79 Å². The fraction of sp³-hybridized carbons (Fsp3) is 0.227. The topological polar surface area (TPSA) is 68.9 Å². The van der Waals surface area contributed by atoms with Gasteiger partial charge in [-0.25, -0.2) is 4.98 Å². The van der Waals surface area contributed by atoms with Crippen LogP contribution in [0.15, 0.2) is 65.7 Å². The third-order valence-corrected chi connectivity index (χ3v) is 4.67. The van der Waals surface area contributed by atoms with Crippen LogP contribution in [0.25, 0.3) is 21.9 Å². The summed E-state index contributed by atoms with van der Waals surface area (Å²) < 4.78 is 3.66. The molecule has 2 aromatic carbocycles. The molecule has 28 heavy (non-hydrogen) atoms. The van der Waals surface area contributed by atoms with Crippen molar-refractivity contribution in [1.82, 2.24) is 14.1 Å². The van der Waals surface area contributed by atoms with Crippen molar-refractivity contribution in [2.45, 2.75) is 26.9 Å². The lowest BCUT2D eigenvalue weighted by molar-refractivity contribution is -0.116. The minimum Gasteiger partial charge on any atom is -0.347 e. The van der Waals surface area contributed by atoms with Crippen molar-refractivity contribution in [3.63, 3.8) is 0 Å². The number of carbonyl (C=O) groups excluding carboxylic acids is 1. The first-order valence-electron chi connectivity index (χ1n) is 9.34. The highest BCUT2D eigenvalue weighted by Gasteiger charge is 2.10. The van der Waals surface area contributed by atoms with Gasteiger partial charge in [-0.1, -0.05) is 26.0 Å². The van der Waals surface area contributed by atoms with E-state index in [1.165, 1.54) is 10.8 Å². The molecule has 4 rings (SSSR count). The van der Waals surface area contributed by atoms with Gasteiger partial charge >= 0.3 is 0 Å². The Bertz CT molecular complexity index is 1220. The first-order valence-corrected chi connectivity index (χ1v) is 9.34. The number of para-hydroxylation sites is 2. The van der Waals surface area contributed by atoms with Crippen LogP contribution in [0.4, 0.5) is 5.69 Å². The van der Waals surface area contributed by atoms with Crippen LogP contribution in [0.5, 0.6) is 0 Å². The standard InChI is InChI=1S/C22H22N4O2/c1-15(2)13-25-10-9-16-11-17(7-8-19(16)25)24-21(27)14-26-20-6-4-3-5-18(20)23-12-22(26)28/h3-12,15H,13-14H2,1-2H3,(H,24,27). The van der Waals surface area contributed by atoms with E-state index in [1.54, 1.807) is 6.07 Å². The maximum atomic E-state index is 12.6. The Labute approximate surface area is 162 Å². The van der Waals surface area contributed by atoms with E-state index in [0.717, 1.165) is 17.4 Å². The van der Waals surface area contributed by atoms with Crippen molar-refractivity contribution in [2.24, 2.45) is 5.92 Å². The van der Waals surface area contributed by atoms with Gasteiger partial charge in [0, 0.05) is 29.3 Å². The SMILES string of the molecule is CC(C)Cn1ccc2cc(NC(=O)Cn3c(=O)cnc4ccccc43)ccc21. The summed E-state index contributed by atoms with van der Waals surface area (Å²) >= 11 is 0. The zero-order chi connectivity index (χ0) is 19.7. The summed E-state index contributed by atoms with van der Waals surface area (Å²) in [6.07, 6.45) is 3.32. The van der Waals surface area contributed by atoms with Crippen molar-refractivity contribution >= 4 is 33.5 Å². The number of benzene rings is 2. The first-order chi connectivity index (χ1) is 13.5. The number of aromatic nitrogens is 3. The molecule has 2 aromatic heterocycles. The Balaban J connectivity index is 1.56. The molecule has 0 fully saturated rings. The number of anilines is 1. The molecule has 6 heteroatoms. The summed E-state index contributed by atoms with van der Waals surface area (Å²) in [5.74, 6) is 0.308. The van der Waals surface area contributed by atoms with E-state index >= 15 is 0 Å². The minimum atomic E-state index is -0.296. The zero-order valence-corrected chi connectivity index (χ0v) is 15.9. The third-order valence-electron chi connectivity index (χ3n) is 4.67. The molecule has 0 unspecified atom stereocenters. The smallest absolute Gasteiger partial charge is 0.269 e. The second kappa shape index (κ2) is 7.31. The number of amides is 1. The normalized spacial score (nSPS) is 11.4. The molecule has 0 saturated heterocycles. The van der Waals surface area contributed by atoms with E-state index in [0.29, 0.717) is 22.6 Å². The van der Waals surface area contributed by atoms with Gasteiger partial charge in [0.05, 0.1) is 17.2 Å². The second-order valence-electron chi connectivity index (χ2n) is 7.36. The molecule has 2 heterocycles. The molecule has 0 bridgehead atoms. The van der Waals surface area contributed by atoms with Crippen LogP contribution in [0.3, 0.4) is 0 Å².